The molecule has 0 radical (unpaired) electrons. The van der Waals surface area contributed by atoms with Crippen LogP contribution in [0, 0.1) is 17.5 Å². The van der Waals surface area contributed by atoms with Gasteiger partial charge in [0, 0.05) is 6.42 Å². The molecule has 2 unspecified atom stereocenters. The normalized spacial score (nSPS) is 18.6. The van der Waals surface area contributed by atoms with E-state index in [1.807, 2.05) is 12.1 Å². The zero-order valence-corrected chi connectivity index (χ0v) is 15.1. The molecule has 0 aliphatic carbocycles. The van der Waals surface area contributed by atoms with Gasteiger partial charge in [0.25, 0.3) is 0 Å². The standard InChI is InChI=1S/C23H19F3N2/c24-18-10-7-15(8-11-18)9-12-21-27-22(16-3-1-5-19(25)13-16)23(28-21)17-4-2-6-20(26)14-17/h1-8,10-11,13-14,22-23H,9,12H2,(H,27,28). The van der Waals surface area contributed by atoms with E-state index in [4.69, 9.17) is 4.99 Å². The smallest absolute Gasteiger partial charge is 0.123 e. The maximum atomic E-state index is 13.8. The fourth-order valence-corrected chi connectivity index (χ4v) is 3.51. The molecule has 0 fully saturated rings. The first-order chi connectivity index (χ1) is 13.6. The van der Waals surface area contributed by atoms with Gasteiger partial charge in [-0.15, -0.1) is 0 Å². The van der Waals surface area contributed by atoms with Crippen molar-refractivity contribution in [3.8, 4) is 0 Å². The second-order valence-electron chi connectivity index (χ2n) is 6.88. The second kappa shape index (κ2) is 7.89. The van der Waals surface area contributed by atoms with E-state index in [1.54, 1.807) is 24.3 Å². The Morgan fingerprint density at radius 1 is 0.714 bits per heavy atom. The molecule has 0 spiro atoms. The average Bonchev–Trinajstić information content (AvgIpc) is 3.12. The van der Waals surface area contributed by atoms with Gasteiger partial charge in [-0.25, -0.2) is 13.2 Å². The Morgan fingerprint density at radius 2 is 1.36 bits per heavy atom. The van der Waals surface area contributed by atoms with Gasteiger partial charge in [0.2, 0.25) is 0 Å². The lowest BCUT2D eigenvalue weighted by Crippen LogP contribution is -2.24. The third kappa shape index (κ3) is 4.09. The van der Waals surface area contributed by atoms with Crippen molar-refractivity contribution in [2.75, 3.05) is 0 Å². The molecule has 28 heavy (non-hydrogen) atoms. The SMILES string of the molecule is Fc1ccc(CCC2=NC(c3cccc(F)c3)C(c3cccc(F)c3)N2)cc1. The number of hydrogen-bond donors (Lipinski definition) is 1. The van der Waals surface area contributed by atoms with E-state index < -0.39 is 0 Å². The van der Waals surface area contributed by atoms with Crippen LogP contribution in [0.5, 0.6) is 0 Å². The number of aryl methyl sites for hydroxylation is 1. The van der Waals surface area contributed by atoms with Crippen LogP contribution in [-0.4, -0.2) is 5.84 Å². The molecule has 1 aliphatic heterocycles. The van der Waals surface area contributed by atoms with Crippen LogP contribution >= 0.6 is 0 Å². The largest absolute Gasteiger partial charge is 0.364 e. The predicted molar refractivity (Wildman–Crippen MR) is 104 cm³/mol. The van der Waals surface area contributed by atoms with Gasteiger partial charge in [0.05, 0.1) is 11.9 Å². The number of benzene rings is 3. The highest BCUT2D eigenvalue weighted by Crippen LogP contribution is 2.37. The van der Waals surface area contributed by atoms with Gasteiger partial charge in [0.15, 0.2) is 0 Å². The zero-order chi connectivity index (χ0) is 19.5. The van der Waals surface area contributed by atoms with Crippen molar-refractivity contribution in [2.24, 2.45) is 4.99 Å². The molecule has 0 saturated carbocycles. The minimum Gasteiger partial charge on any atom is -0.364 e. The summed E-state index contributed by atoms with van der Waals surface area (Å²) in [5, 5.41) is 3.37. The summed E-state index contributed by atoms with van der Waals surface area (Å²) >= 11 is 0. The van der Waals surface area contributed by atoms with Crippen molar-refractivity contribution in [2.45, 2.75) is 24.9 Å². The highest BCUT2D eigenvalue weighted by molar-refractivity contribution is 5.85. The minimum atomic E-state index is -0.347. The number of amidine groups is 1. The predicted octanol–water partition coefficient (Wildman–Crippen LogP) is 5.52. The third-order valence-corrected chi connectivity index (χ3v) is 4.89. The van der Waals surface area contributed by atoms with Crippen LogP contribution in [0.15, 0.2) is 77.8 Å². The van der Waals surface area contributed by atoms with E-state index >= 15 is 0 Å². The average molecular weight is 380 g/mol. The molecular weight excluding hydrogens is 361 g/mol. The number of rotatable bonds is 5. The molecule has 4 rings (SSSR count). The molecule has 2 nitrogen and oxygen atoms in total. The first-order valence-corrected chi connectivity index (χ1v) is 9.17. The van der Waals surface area contributed by atoms with Crippen molar-refractivity contribution in [3.05, 3.63) is 107 Å². The van der Waals surface area contributed by atoms with Crippen LogP contribution in [-0.2, 0) is 6.42 Å². The fraction of sp³-hybridized carbons (Fsp3) is 0.174. The number of aliphatic imine (C=N–C) groups is 1. The molecule has 1 heterocycles. The number of hydrogen-bond acceptors (Lipinski definition) is 2. The summed E-state index contributed by atoms with van der Waals surface area (Å²) in [7, 11) is 0. The van der Waals surface area contributed by atoms with Crippen LogP contribution < -0.4 is 5.32 Å². The van der Waals surface area contributed by atoms with Gasteiger partial charge < -0.3 is 5.32 Å². The maximum Gasteiger partial charge on any atom is 0.123 e. The topological polar surface area (TPSA) is 24.4 Å². The van der Waals surface area contributed by atoms with E-state index in [9.17, 15) is 13.2 Å². The lowest BCUT2D eigenvalue weighted by molar-refractivity contribution is 0.555. The molecule has 0 aromatic heterocycles. The highest BCUT2D eigenvalue weighted by atomic mass is 19.1. The lowest BCUT2D eigenvalue weighted by Gasteiger charge is -2.20. The van der Waals surface area contributed by atoms with Gasteiger partial charge in [-0.2, -0.15) is 0 Å². The Labute approximate surface area is 161 Å². The van der Waals surface area contributed by atoms with Crippen molar-refractivity contribution < 1.29 is 13.2 Å². The van der Waals surface area contributed by atoms with Crippen molar-refractivity contribution in [3.63, 3.8) is 0 Å². The Bertz CT molecular complexity index is 999. The van der Waals surface area contributed by atoms with Crippen LogP contribution in [0.3, 0.4) is 0 Å². The fourth-order valence-electron chi connectivity index (χ4n) is 3.51. The molecule has 0 saturated heterocycles. The number of halogens is 3. The van der Waals surface area contributed by atoms with E-state index in [0.717, 1.165) is 22.5 Å². The van der Waals surface area contributed by atoms with Crippen LogP contribution in [0.2, 0.25) is 0 Å². The van der Waals surface area contributed by atoms with Gasteiger partial charge in [0.1, 0.15) is 23.5 Å². The summed E-state index contributed by atoms with van der Waals surface area (Å²) in [4.78, 5) is 4.76. The molecular formula is C23H19F3N2. The quantitative estimate of drug-likeness (QED) is 0.619. The molecule has 1 N–H and O–H groups in total. The van der Waals surface area contributed by atoms with Gasteiger partial charge >= 0.3 is 0 Å². The van der Waals surface area contributed by atoms with Crippen LogP contribution in [0.4, 0.5) is 13.2 Å². The van der Waals surface area contributed by atoms with E-state index in [2.05, 4.69) is 5.32 Å². The second-order valence-corrected chi connectivity index (χ2v) is 6.88. The summed E-state index contributed by atoms with van der Waals surface area (Å²) < 4.78 is 40.6. The molecule has 5 heteroatoms. The summed E-state index contributed by atoms with van der Waals surface area (Å²) in [6, 6.07) is 18.4. The molecule has 0 amide bonds. The first-order valence-electron chi connectivity index (χ1n) is 9.17. The number of nitrogens with one attached hydrogen (secondary N) is 1. The summed E-state index contributed by atoms with van der Waals surface area (Å²) in [6.07, 6.45) is 1.32. The lowest BCUT2D eigenvalue weighted by atomic mass is 9.95. The van der Waals surface area contributed by atoms with Crippen LogP contribution in [0.25, 0.3) is 0 Å². The summed E-state index contributed by atoms with van der Waals surface area (Å²) in [5.41, 5.74) is 2.50. The maximum absolute atomic E-state index is 13.8. The molecule has 1 aliphatic rings. The highest BCUT2D eigenvalue weighted by Gasteiger charge is 2.31. The van der Waals surface area contributed by atoms with E-state index in [-0.39, 0.29) is 29.5 Å². The Morgan fingerprint density at radius 3 is 2.04 bits per heavy atom. The Kier molecular flexibility index (Phi) is 5.15. The number of nitrogens with zero attached hydrogens (tertiary/aromatic N) is 1. The summed E-state index contributed by atoms with van der Waals surface area (Å²) in [5.74, 6) is -0.146. The zero-order valence-electron chi connectivity index (χ0n) is 15.1. The minimum absolute atomic E-state index is 0.266. The van der Waals surface area contributed by atoms with E-state index in [0.29, 0.717) is 12.8 Å². The monoisotopic (exact) mass is 380 g/mol. The Hall–Kier alpha value is -3.08. The molecule has 142 valence electrons. The van der Waals surface area contributed by atoms with Gasteiger partial charge in [-0.1, -0.05) is 36.4 Å². The van der Waals surface area contributed by atoms with Crippen molar-refractivity contribution in [1.82, 2.24) is 5.32 Å². The van der Waals surface area contributed by atoms with Gasteiger partial charge in [-0.05, 0) is 59.5 Å². The van der Waals surface area contributed by atoms with Gasteiger partial charge in [-0.3, -0.25) is 4.99 Å². The van der Waals surface area contributed by atoms with E-state index in [1.165, 1.54) is 36.4 Å². The molecule has 3 aromatic carbocycles. The summed E-state index contributed by atoms with van der Waals surface area (Å²) in [6.45, 7) is 0. The van der Waals surface area contributed by atoms with Crippen molar-refractivity contribution in [1.29, 1.82) is 0 Å². The molecule has 2 atom stereocenters. The first kappa shape index (κ1) is 18.3. The van der Waals surface area contributed by atoms with Crippen LogP contribution in [0.1, 0.15) is 35.2 Å². The third-order valence-electron chi connectivity index (χ3n) is 4.89. The molecule has 3 aromatic rings. The van der Waals surface area contributed by atoms with Crippen molar-refractivity contribution >= 4 is 5.84 Å². The molecule has 0 bridgehead atoms. The Balaban J connectivity index is 1.59.